The van der Waals surface area contributed by atoms with Gasteiger partial charge >= 0.3 is 0 Å². The maximum absolute atomic E-state index is 5.99. The molecule has 0 amide bonds. The van der Waals surface area contributed by atoms with Crippen LogP contribution in [0.4, 0.5) is 0 Å². The van der Waals surface area contributed by atoms with Crippen molar-refractivity contribution in [2.75, 3.05) is 0 Å². The van der Waals surface area contributed by atoms with Crippen LogP contribution in [0.1, 0.15) is 17.2 Å². The molecule has 1 atom stereocenters. The first-order valence-corrected chi connectivity index (χ1v) is 5.48. The van der Waals surface area contributed by atoms with E-state index in [9.17, 15) is 0 Å². The average molecular weight is 207 g/mol. The van der Waals surface area contributed by atoms with E-state index in [2.05, 4.69) is 36.4 Å². The number of hydrogen-bond donors (Lipinski definition) is 1. The lowest BCUT2D eigenvalue weighted by atomic mass is 10.1. The molecule has 0 fully saturated rings. The predicted molar refractivity (Wildman–Crippen MR) is 67.6 cm³/mol. The summed E-state index contributed by atoms with van der Waals surface area (Å²) < 4.78 is 0. The van der Waals surface area contributed by atoms with E-state index in [1.807, 2.05) is 24.3 Å². The highest BCUT2D eigenvalue weighted by molar-refractivity contribution is 5.91. The Bertz CT molecular complexity index is 600. The third kappa shape index (κ3) is 1.46. The monoisotopic (exact) mass is 207 g/mol. The Hall–Kier alpha value is -1.86. The number of rotatable bonds is 0. The van der Waals surface area contributed by atoms with Crippen molar-refractivity contribution >= 4 is 10.8 Å². The molecule has 0 radical (unpaired) electrons. The van der Waals surface area contributed by atoms with Crippen molar-refractivity contribution in [3.05, 3.63) is 71.8 Å². The molecule has 1 nitrogen and oxygen atoms in total. The van der Waals surface area contributed by atoms with Gasteiger partial charge in [-0.05, 0) is 21.9 Å². The van der Waals surface area contributed by atoms with Crippen molar-refractivity contribution in [1.82, 2.24) is 0 Å². The van der Waals surface area contributed by atoms with Crippen molar-refractivity contribution in [3.63, 3.8) is 0 Å². The standard InChI is InChI=1S/C15H13N/c16-15-13-10-9-11-7-5-3-1-2-4-6-8-12(11)14(13)15/h1-10,15H,16H2. The van der Waals surface area contributed by atoms with Crippen LogP contribution in [-0.2, 0) is 0 Å². The first-order valence-electron chi connectivity index (χ1n) is 5.48. The van der Waals surface area contributed by atoms with E-state index in [1.165, 1.54) is 21.9 Å². The summed E-state index contributed by atoms with van der Waals surface area (Å²) in [4.78, 5) is 0. The Morgan fingerprint density at radius 1 is 0.750 bits per heavy atom. The van der Waals surface area contributed by atoms with Gasteiger partial charge in [-0.15, -0.1) is 0 Å². The van der Waals surface area contributed by atoms with Crippen molar-refractivity contribution in [3.8, 4) is 0 Å². The first kappa shape index (κ1) is 9.37. The lowest BCUT2D eigenvalue weighted by Crippen LogP contribution is -1.88. The van der Waals surface area contributed by atoms with Gasteiger partial charge < -0.3 is 5.73 Å². The van der Waals surface area contributed by atoms with Crippen molar-refractivity contribution in [2.24, 2.45) is 5.73 Å². The van der Waals surface area contributed by atoms with Gasteiger partial charge in [-0.2, -0.15) is 0 Å². The minimum atomic E-state index is 0.157. The Morgan fingerprint density at radius 2 is 1.44 bits per heavy atom. The number of hydrogen-bond acceptors (Lipinski definition) is 1. The second kappa shape index (κ2) is 3.62. The van der Waals surface area contributed by atoms with Crippen molar-refractivity contribution in [2.45, 2.75) is 6.04 Å². The second-order valence-corrected chi connectivity index (χ2v) is 4.04. The molecule has 1 aliphatic carbocycles. The van der Waals surface area contributed by atoms with Crippen LogP contribution in [0, 0.1) is 0 Å². The van der Waals surface area contributed by atoms with E-state index in [1.54, 1.807) is 0 Å². The minimum absolute atomic E-state index is 0.157. The Balaban J connectivity index is 2.36. The maximum Gasteiger partial charge on any atom is 0.0564 e. The predicted octanol–water partition coefficient (Wildman–Crippen LogP) is 3.33. The highest BCUT2D eigenvalue weighted by Crippen LogP contribution is 2.43. The summed E-state index contributed by atoms with van der Waals surface area (Å²) in [6.45, 7) is 0. The van der Waals surface area contributed by atoms with Gasteiger partial charge in [-0.25, -0.2) is 0 Å². The van der Waals surface area contributed by atoms with Crippen LogP contribution in [0.25, 0.3) is 10.8 Å². The summed E-state index contributed by atoms with van der Waals surface area (Å²) in [5, 5.41) is 2.50. The van der Waals surface area contributed by atoms with Gasteiger partial charge in [0.2, 0.25) is 0 Å². The summed E-state index contributed by atoms with van der Waals surface area (Å²) in [6, 6.07) is 20.9. The molecule has 16 heavy (non-hydrogen) atoms. The fraction of sp³-hybridized carbons (Fsp3) is 0.0667. The molecule has 0 aliphatic heterocycles. The third-order valence-corrected chi connectivity index (χ3v) is 3.01. The van der Waals surface area contributed by atoms with Crippen LogP contribution in [0.3, 0.4) is 0 Å². The SMILES string of the molecule is NC1c2ccc3ccccccccc3c21. The van der Waals surface area contributed by atoms with Gasteiger partial charge in [0.1, 0.15) is 0 Å². The van der Waals surface area contributed by atoms with Crippen molar-refractivity contribution in [1.29, 1.82) is 0 Å². The van der Waals surface area contributed by atoms with E-state index < -0.39 is 0 Å². The zero-order chi connectivity index (χ0) is 11.0. The van der Waals surface area contributed by atoms with E-state index in [0.717, 1.165) is 0 Å². The molecule has 0 saturated carbocycles. The molecule has 0 aromatic heterocycles. The lowest BCUT2D eigenvalue weighted by Gasteiger charge is -1.90. The van der Waals surface area contributed by atoms with Crippen LogP contribution in [-0.4, -0.2) is 0 Å². The molecule has 0 spiro atoms. The van der Waals surface area contributed by atoms with Crippen LogP contribution in [0.2, 0.25) is 0 Å². The number of benzene rings is 1. The summed E-state index contributed by atoms with van der Waals surface area (Å²) in [5.74, 6) is 0. The van der Waals surface area contributed by atoms with Crippen LogP contribution in [0.15, 0.2) is 60.7 Å². The molecule has 2 aromatic carbocycles. The lowest BCUT2D eigenvalue weighted by molar-refractivity contribution is 1.07. The number of nitrogens with two attached hydrogens (primary N) is 1. The second-order valence-electron chi connectivity index (χ2n) is 4.04. The van der Waals surface area contributed by atoms with Crippen LogP contribution >= 0.6 is 0 Å². The average Bonchev–Trinajstić information content (AvgIpc) is 2.97. The zero-order valence-electron chi connectivity index (χ0n) is 8.93. The Kier molecular flexibility index (Phi) is 2.12. The molecule has 1 unspecified atom stereocenters. The van der Waals surface area contributed by atoms with Gasteiger partial charge in [0.15, 0.2) is 0 Å². The van der Waals surface area contributed by atoms with Gasteiger partial charge in [0.05, 0.1) is 6.04 Å². The smallest absolute Gasteiger partial charge is 0.0564 e. The highest BCUT2D eigenvalue weighted by atomic mass is 14.7. The van der Waals surface area contributed by atoms with E-state index in [0.29, 0.717) is 0 Å². The zero-order valence-corrected chi connectivity index (χ0v) is 8.93. The molecule has 0 heterocycles. The van der Waals surface area contributed by atoms with Crippen molar-refractivity contribution < 1.29 is 0 Å². The largest absolute Gasteiger partial charge is 0.320 e. The molecular formula is C15H13N. The highest BCUT2D eigenvalue weighted by Gasteiger charge is 2.29. The fourth-order valence-corrected chi connectivity index (χ4v) is 2.10. The number of fused-ring (bicyclic) bond motifs is 3. The molecule has 1 heteroatoms. The topological polar surface area (TPSA) is 26.0 Å². The normalized spacial score (nSPS) is 16.4. The molecule has 0 bridgehead atoms. The molecule has 78 valence electrons. The molecule has 1 aliphatic rings. The summed E-state index contributed by atoms with van der Waals surface area (Å²) in [6.07, 6.45) is 0. The molecule has 0 saturated heterocycles. The van der Waals surface area contributed by atoms with Crippen LogP contribution < -0.4 is 5.73 Å². The van der Waals surface area contributed by atoms with E-state index >= 15 is 0 Å². The van der Waals surface area contributed by atoms with Gasteiger partial charge in [0.25, 0.3) is 0 Å². The fourth-order valence-electron chi connectivity index (χ4n) is 2.10. The summed E-state index contributed by atoms with van der Waals surface area (Å²) >= 11 is 0. The maximum atomic E-state index is 5.99. The Morgan fingerprint density at radius 3 is 2.25 bits per heavy atom. The van der Waals surface area contributed by atoms with Gasteiger partial charge in [-0.1, -0.05) is 60.7 Å². The quantitative estimate of drug-likeness (QED) is 0.704. The molecule has 2 N–H and O–H groups in total. The van der Waals surface area contributed by atoms with Gasteiger partial charge in [-0.3, -0.25) is 0 Å². The van der Waals surface area contributed by atoms with Crippen LogP contribution in [0.5, 0.6) is 0 Å². The molecule has 2 aromatic rings. The minimum Gasteiger partial charge on any atom is -0.320 e. The molecule has 3 rings (SSSR count). The Labute approximate surface area is 94.9 Å². The summed E-state index contributed by atoms with van der Waals surface area (Å²) in [5.41, 5.74) is 8.58. The third-order valence-electron chi connectivity index (χ3n) is 3.01. The van der Waals surface area contributed by atoms with Gasteiger partial charge in [0, 0.05) is 0 Å². The van der Waals surface area contributed by atoms with E-state index in [4.69, 9.17) is 5.73 Å². The summed E-state index contributed by atoms with van der Waals surface area (Å²) in [7, 11) is 0. The first-order chi connectivity index (χ1) is 7.88. The van der Waals surface area contributed by atoms with E-state index in [-0.39, 0.29) is 6.04 Å². The molecular weight excluding hydrogens is 194 g/mol.